The Morgan fingerprint density at radius 3 is 2.41 bits per heavy atom. The van der Waals surface area contributed by atoms with E-state index in [1.807, 2.05) is 19.1 Å². The average molecular weight is 313 g/mol. The fourth-order valence-electron chi connectivity index (χ4n) is 1.65. The Bertz CT molecular complexity index is 694. The molecule has 0 aromatic heterocycles. The largest absolute Gasteiger partial charge is 0.423 e. The highest BCUT2D eigenvalue weighted by Gasteiger charge is 2.07. The number of nitrogens with zero attached hydrogens (tertiary/aromatic N) is 1. The minimum Gasteiger partial charge on any atom is -0.423 e. The standard InChI is InChI=1S/C16H15N3O2S/c1-11-2-6-13(7-3-11)15(20)21-14-8-4-12(5-9-14)10-18-19-16(17)22/h2-10H,1H3,(H3,17,19,22). The van der Waals surface area contributed by atoms with Crippen LogP contribution in [0, 0.1) is 6.92 Å². The van der Waals surface area contributed by atoms with E-state index in [-0.39, 0.29) is 5.11 Å². The van der Waals surface area contributed by atoms with Crippen LogP contribution in [0.1, 0.15) is 21.5 Å². The van der Waals surface area contributed by atoms with Gasteiger partial charge < -0.3 is 10.5 Å². The van der Waals surface area contributed by atoms with Crippen LogP contribution in [0.25, 0.3) is 0 Å². The molecule has 0 saturated heterocycles. The lowest BCUT2D eigenvalue weighted by Crippen LogP contribution is -2.23. The molecule has 2 aromatic rings. The molecule has 112 valence electrons. The number of esters is 1. The monoisotopic (exact) mass is 313 g/mol. The summed E-state index contributed by atoms with van der Waals surface area (Å²) in [6.07, 6.45) is 1.56. The summed E-state index contributed by atoms with van der Waals surface area (Å²) >= 11 is 4.63. The van der Waals surface area contributed by atoms with Gasteiger partial charge in [-0.15, -0.1) is 0 Å². The zero-order chi connectivity index (χ0) is 15.9. The van der Waals surface area contributed by atoms with Gasteiger partial charge in [-0.05, 0) is 61.1 Å². The van der Waals surface area contributed by atoms with Crippen LogP contribution in [0.5, 0.6) is 5.75 Å². The highest BCUT2D eigenvalue weighted by molar-refractivity contribution is 7.80. The maximum atomic E-state index is 12.0. The van der Waals surface area contributed by atoms with E-state index >= 15 is 0 Å². The van der Waals surface area contributed by atoms with Crippen molar-refractivity contribution in [2.24, 2.45) is 10.8 Å². The number of aryl methyl sites for hydroxylation is 1. The Morgan fingerprint density at radius 2 is 1.82 bits per heavy atom. The van der Waals surface area contributed by atoms with Gasteiger partial charge in [0.05, 0.1) is 11.8 Å². The molecule has 0 unspecified atom stereocenters. The molecule has 0 amide bonds. The first-order valence-corrected chi connectivity index (χ1v) is 6.93. The summed E-state index contributed by atoms with van der Waals surface area (Å²) in [5.41, 5.74) is 10.1. The molecule has 0 saturated carbocycles. The van der Waals surface area contributed by atoms with Crippen LogP contribution in [0.2, 0.25) is 0 Å². The van der Waals surface area contributed by atoms with Gasteiger partial charge in [-0.2, -0.15) is 5.10 Å². The number of ether oxygens (including phenoxy) is 1. The molecule has 0 fully saturated rings. The number of hydrogen-bond acceptors (Lipinski definition) is 4. The van der Waals surface area contributed by atoms with Gasteiger partial charge >= 0.3 is 5.97 Å². The van der Waals surface area contributed by atoms with E-state index in [4.69, 9.17) is 10.5 Å². The lowest BCUT2D eigenvalue weighted by Gasteiger charge is -2.05. The minimum absolute atomic E-state index is 0.0971. The van der Waals surface area contributed by atoms with Crippen LogP contribution in [-0.4, -0.2) is 17.3 Å². The lowest BCUT2D eigenvalue weighted by molar-refractivity contribution is 0.0735. The fraction of sp³-hybridized carbons (Fsp3) is 0.0625. The number of nitrogens with one attached hydrogen (secondary N) is 1. The van der Waals surface area contributed by atoms with Crippen molar-refractivity contribution >= 4 is 29.5 Å². The van der Waals surface area contributed by atoms with Crippen molar-refractivity contribution in [2.45, 2.75) is 6.92 Å². The Morgan fingerprint density at radius 1 is 1.18 bits per heavy atom. The molecule has 3 N–H and O–H groups in total. The molecule has 0 radical (unpaired) electrons. The molecule has 5 nitrogen and oxygen atoms in total. The number of thiocarbonyl (C=S) groups is 1. The first-order valence-electron chi connectivity index (χ1n) is 6.52. The zero-order valence-electron chi connectivity index (χ0n) is 11.9. The number of carbonyl (C=O) groups excluding carboxylic acids is 1. The van der Waals surface area contributed by atoms with E-state index in [1.54, 1.807) is 42.6 Å². The third kappa shape index (κ3) is 4.68. The van der Waals surface area contributed by atoms with Gasteiger partial charge in [0.1, 0.15) is 5.75 Å². The third-order valence-corrected chi connectivity index (χ3v) is 2.86. The van der Waals surface area contributed by atoms with E-state index < -0.39 is 5.97 Å². The SMILES string of the molecule is Cc1ccc(C(=O)Oc2ccc(C=NNC(N)=S)cc2)cc1. The summed E-state index contributed by atoms with van der Waals surface area (Å²) in [4.78, 5) is 12.0. The van der Waals surface area contributed by atoms with Crippen LogP contribution in [-0.2, 0) is 0 Å². The second-order valence-corrected chi connectivity index (χ2v) is 5.00. The van der Waals surface area contributed by atoms with Crippen LogP contribution >= 0.6 is 12.2 Å². The van der Waals surface area contributed by atoms with Crippen LogP contribution in [0.3, 0.4) is 0 Å². The zero-order valence-corrected chi connectivity index (χ0v) is 12.8. The third-order valence-electron chi connectivity index (χ3n) is 2.77. The number of carbonyl (C=O) groups is 1. The topological polar surface area (TPSA) is 76.7 Å². The summed E-state index contributed by atoms with van der Waals surface area (Å²) in [5, 5.41) is 3.94. The summed E-state index contributed by atoms with van der Waals surface area (Å²) in [7, 11) is 0. The van der Waals surface area contributed by atoms with Crippen molar-refractivity contribution in [2.75, 3.05) is 0 Å². The molecular formula is C16H15N3O2S. The molecular weight excluding hydrogens is 298 g/mol. The number of hydrogen-bond donors (Lipinski definition) is 2. The second-order valence-electron chi connectivity index (χ2n) is 4.56. The number of nitrogens with two attached hydrogens (primary N) is 1. The molecule has 0 bridgehead atoms. The van der Waals surface area contributed by atoms with Gasteiger partial charge in [0.25, 0.3) is 0 Å². The van der Waals surface area contributed by atoms with E-state index in [2.05, 4.69) is 22.7 Å². The van der Waals surface area contributed by atoms with Crippen molar-refractivity contribution in [3.05, 3.63) is 65.2 Å². The second kappa shape index (κ2) is 7.33. The Kier molecular flexibility index (Phi) is 5.21. The number of rotatable bonds is 4. The number of hydrazone groups is 1. The van der Waals surface area contributed by atoms with Gasteiger partial charge in [0, 0.05) is 0 Å². The Hall–Kier alpha value is -2.73. The van der Waals surface area contributed by atoms with E-state index in [0.29, 0.717) is 11.3 Å². The molecule has 0 aliphatic rings. The average Bonchev–Trinajstić information content (AvgIpc) is 2.49. The Balaban J connectivity index is 1.98. The Labute approximate surface area is 133 Å². The first kappa shape index (κ1) is 15.7. The van der Waals surface area contributed by atoms with Crippen molar-refractivity contribution in [1.82, 2.24) is 5.43 Å². The molecule has 0 spiro atoms. The van der Waals surface area contributed by atoms with Crippen molar-refractivity contribution < 1.29 is 9.53 Å². The highest BCUT2D eigenvalue weighted by Crippen LogP contribution is 2.14. The summed E-state index contributed by atoms with van der Waals surface area (Å²) in [5.74, 6) is 0.0709. The van der Waals surface area contributed by atoms with Crippen LogP contribution in [0.15, 0.2) is 53.6 Å². The molecule has 0 heterocycles. The summed E-state index contributed by atoms with van der Waals surface area (Å²) < 4.78 is 5.30. The molecule has 0 aliphatic heterocycles. The van der Waals surface area contributed by atoms with Gasteiger partial charge in [-0.25, -0.2) is 4.79 Å². The van der Waals surface area contributed by atoms with Crippen molar-refractivity contribution in [1.29, 1.82) is 0 Å². The lowest BCUT2D eigenvalue weighted by atomic mass is 10.1. The summed E-state index contributed by atoms with van der Waals surface area (Å²) in [6.45, 7) is 1.96. The predicted octanol–water partition coefficient (Wildman–Crippen LogP) is 2.38. The van der Waals surface area contributed by atoms with E-state index in [0.717, 1.165) is 11.1 Å². The van der Waals surface area contributed by atoms with Crippen molar-refractivity contribution in [3.63, 3.8) is 0 Å². The number of benzene rings is 2. The molecule has 2 rings (SSSR count). The van der Waals surface area contributed by atoms with Gasteiger partial charge in [-0.1, -0.05) is 17.7 Å². The highest BCUT2D eigenvalue weighted by atomic mass is 32.1. The maximum absolute atomic E-state index is 12.0. The molecule has 0 aliphatic carbocycles. The van der Waals surface area contributed by atoms with Gasteiger partial charge in [0.2, 0.25) is 0 Å². The fourth-order valence-corrected chi connectivity index (χ4v) is 1.70. The first-order chi connectivity index (χ1) is 10.5. The van der Waals surface area contributed by atoms with E-state index in [1.165, 1.54) is 0 Å². The molecule has 6 heteroatoms. The summed E-state index contributed by atoms with van der Waals surface area (Å²) in [6, 6.07) is 14.1. The smallest absolute Gasteiger partial charge is 0.343 e. The van der Waals surface area contributed by atoms with E-state index in [9.17, 15) is 4.79 Å². The van der Waals surface area contributed by atoms with Gasteiger partial charge in [0.15, 0.2) is 5.11 Å². The van der Waals surface area contributed by atoms with Crippen LogP contribution in [0.4, 0.5) is 0 Å². The molecule has 2 aromatic carbocycles. The van der Waals surface area contributed by atoms with Gasteiger partial charge in [-0.3, -0.25) is 5.43 Å². The molecule has 0 atom stereocenters. The predicted molar refractivity (Wildman–Crippen MR) is 90.1 cm³/mol. The van der Waals surface area contributed by atoms with Crippen LogP contribution < -0.4 is 15.9 Å². The maximum Gasteiger partial charge on any atom is 0.343 e. The minimum atomic E-state index is -0.392. The normalized spacial score (nSPS) is 10.4. The molecule has 22 heavy (non-hydrogen) atoms. The van der Waals surface area contributed by atoms with Crippen molar-refractivity contribution in [3.8, 4) is 5.75 Å². The quantitative estimate of drug-likeness (QED) is 0.298.